The SMILES string of the molecule is CS(=O)(=O)O[C@@H]1C[C@@H](C(=O)OCc2ccccc2)N(S(C)(=O)=O)C1. The molecule has 1 heterocycles. The van der Waals surface area contributed by atoms with Crippen molar-refractivity contribution in [1.29, 1.82) is 0 Å². The summed E-state index contributed by atoms with van der Waals surface area (Å²) in [6.07, 6.45) is 0.837. The van der Waals surface area contributed by atoms with Crippen LogP contribution in [0.5, 0.6) is 0 Å². The van der Waals surface area contributed by atoms with E-state index in [1.54, 1.807) is 24.3 Å². The van der Waals surface area contributed by atoms with Gasteiger partial charge in [-0.05, 0) is 5.56 Å². The molecule has 10 heteroatoms. The fraction of sp³-hybridized carbons (Fsp3) is 0.500. The van der Waals surface area contributed by atoms with Gasteiger partial charge in [-0.1, -0.05) is 30.3 Å². The summed E-state index contributed by atoms with van der Waals surface area (Å²) in [4.78, 5) is 12.3. The van der Waals surface area contributed by atoms with E-state index < -0.39 is 38.3 Å². The standard InChI is InChI=1S/C14H19NO7S2/c1-23(17,18)15-9-12(22-24(2,19)20)8-13(15)14(16)21-10-11-6-4-3-5-7-11/h3-7,12-13H,8-10H2,1-2H3/t12-,13+/m1/s1. The molecule has 0 N–H and O–H groups in total. The van der Waals surface area contributed by atoms with E-state index in [9.17, 15) is 21.6 Å². The maximum Gasteiger partial charge on any atom is 0.324 e. The molecule has 24 heavy (non-hydrogen) atoms. The Bertz CT molecular complexity index is 790. The molecule has 1 aromatic carbocycles. The lowest BCUT2D eigenvalue weighted by atomic mass is 10.2. The van der Waals surface area contributed by atoms with Crippen LogP contribution >= 0.6 is 0 Å². The zero-order valence-corrected chi connectivity index (χ0v) is 14.9. The van der Waals surface area contributed by atoms with E-state index in [4.69, 9.17) is 8.92 Å². The first-order valence-electron chi connectivity index (χ1n) is 7.12. The van der Waals surface area contributed by atoms with E-state index in [0.717, 1.165) is 22.4 Å². The Morgan fingerprint density at radius 3 is 2.33 bits per heavy atom. The van der Waals surface area contributed by atoms with Gasteiger partial charge in [-0.2, -0.15) is 12.7 Å². The number of benzene rings is 1. The maximum absolute atomic E-state index is 12.3. The van der Waals surface area contributed by atoms with Gasteiger partial charge in [0.2, 0.25) is 10.0 Å². The van der Waals surface area contributed by atoms with Crippen molar-refractivity contribution >= 4 is 26.1 Å². The van der Waals surface area contributed by atoms with Gasteiger partial charge in [0.1, 0.15) is 12.6 Å². The van der Waals surface area contributed by atoms with Crippen LogP contribution in [-0.2, 0) is 40.5 Å². The number of nitrogens with zero attached hydrogens (tertiary/aromatic N) is 1. The minimum atomic E-state index is -3.75. The third kappa shape index (κ3) is 5.26. The summed E-state index contributed by atoms with van der Waals surface area (Å²) in [5.41, 5.74) is 0.763. The van der Waals surface area contributed by atoms with E-state index in [1.807, 2.05) is 6.07 Å². The molecule has 1 saturated heterocycles. The summed E-state index contributed by atoms with van der Waals surface area (Å²) in [5.74, 6) is -0.733. The summed E-state index contributed by atoms with van der Waals surface area (Å²) < 4.78 is 57.0. The fourth-order valence-electron chi connectivity index (χ4n) is 2.49. The van der Waals surface area contributed by atoms with Crippen molar-refractivity contribution in [2.45, 2.75) is 25.2 Å². The number of hydrogen-bond acceptors (Lipinski definition) is 7. The normalized spacial score (nSPS) is 22.4. The van der Waals surface area contributed by atoms with Crippen molar-refractivity contribution in [3.8, 4) is 0 Å². The van der Waals surface area contributed by atoms with Gasteiger partial charge in [-0.25, -0.2) is 8.42 Å². The first-order valence-corrected chi connectivity index (χ1v) is 10.8. The van der Waals surface area contributed by atoms with Crippen LogP contribution < -0.4 is 0 Å². The molecule has 0 saturated carbocycles. The molecule has 0 amide bonds. The number of carbonyl (C=O) groups excluding carboxylic acids is 1. The van der Waals surface area contributed by atoms with Crippen molar-refractivity contribution in [2.75, 3.05) is 19.1 Å². The maximum atomic E-state index is 12.3. The summed E-state index contributed by atoms with van der Waals surface area (Å²) in [6.45, 7) is -0.206. The Balaban J connectivity index is 2.08. The van der Waals surface area contributed by atoms with E-state index in [1.165, 1.54) is 0 Å². The molecule has 134 valence electrons. The Hall–Kier alpha value is -1.49. The van der Waals surface area contributed by atoms with Crippen molar-refractivity contribution in [3.63, 3.8) is 0 Å². The van der Waals surface area contributed by atoms with E-state index in [-0.39, 0.29) is 19.6 Å². The lowest BCUT2D eigenvalue weighted by molar-refractivity contribution is -0.148. The second-order valence-corrected chi connectivity index (χ2v) is 9.14. The Morgan fingerprint density at radius 2 is 1.79 bits per heavy atom. The van der Waals surface area contributed by atoms with Crippen molar-refractivity contribution < 1.29 is 30.6 Å². The second kappa shape index (κ2) is 7.18. The van der Waals surface area contributed by atoms with Gasteiger partial charge in [-0.3, -0.25) is 8.98 Å². The van der Waals surface area contributed by atoms with Crippen LogP contribution in [0.2, 0.25) is 0 Å². The lowest BCUT2D eigenvalue weighted by Crippen LogP contribution is -2.40. The molecule has 2 rings (SSSR count). The first-order chi connectivity index (χ1) is 11.1. The fourth-order valence-corrected chi connectivity index (χ4v) is 4.20. The zero-order valence-electron chi connectivity index (χ0n) is 13.3. The predicted molar refractivity (Wildman–Crippen MR) is 85.9 cm³/mol. The first kappa shape index (κ1) is 18.8. The van der Waals surface area contributed by atoms with Crippen LogP contribution in [0.1, 0.15) is 12.0 Å². The number of esters is 1. The van der Waals surface area contributed by atoms with Crippen LogP contribution in [-0.4, -0.2) is 58.3 Å². The molecule has 1 fully saturated rings. The summed E-state index contributed by atoms with van der Waals surface area (Å²) in [6, 6.07) is 7.84. The van der Waals surface area contributed by atoms with E-state index >= 15 is 0 Å². The molecule has 0 spiro atoms. The monoisotopic (exact) mass is 377 g/mol. The van der Waals surface area contributed by atoms with Crippen LogP contribution in [0.4, 0.5) is 0 Å². The van der Waals surface area contributed by atoms with Crippen LogP contribution in [0.15, 0.2) is 30.3 Å². The van der Waals surface area contributed by atoms with Crippen molar-refractivity contribution in [3.05, 3.63) is 35.9 Å². The highest BCUT2D eigenvalue weighted by Gasteiger charge is 2.44. The van der Waals surface area contributed by atoms with Gasteiger partial charge in [0.25, 0.3) is 10.1 Å². The number of hydrogen-bond donors (Lipinski definition) is 0. The Kier molecular flexibility index (Phi) is 5.63. The van der Waals surface area contributed by atoms with Crippen LogP contribution in [0.3, 0.4) is 0 Å². The van der Waals surface area contributed by atoms with Gasteiger partial charge in [0, 0.05) is 13.0 Å². The molecule has 0 aromatic heterocycles. The minimum Gasteiger partial charge on any atom is -0.460 e. The summed E-state index contributed by atoms with van der Waals surface area (Å²) >= 11 is 0. The average molecular weight is 377 g/mol. The van der Waals surface area contributed by atoms with Gasteiger partial charge >= 0.3 is 5.97 Å². The molecule has 0 radical (unpaired) electrons. The third-order valence-electron chi connectivity index (χ3n) is 3.45. The largest absolute Gasteiger partial charge is 0.460 e. The molecule has 1 aliphatic heterocycles. The number of sulfonamides is 1. The molecule has 0 aliphatic carbocycles. The molecule has 1 aliphatic rings. The third-order valence-corrected chi connectivity index (χ3v) is 5.33. The number of ether oxygens (including phenoxy) is 1. The van der Waals surface area contributed by atoms with Crippen LogP contribution in [0.25, 0.3) is 0 Å². The highest BCUT2D eigenvalue weighted by atomic mass is 32.2. The second-order valence-electron chi connectivity index (χ2n) is 5.60. The zero-order chi connectivity index (χ0) is 18.0. The smallest absolute Gasteiger partial charge is 0.324 e. The van der Waals surface area contributed by atoms with Crippen molar-refractivity contribution in [2.24, 2.45) is 0 Å². The summed E-state index contributed by atoms with van der Waals surface area (Å²) in [7, 11) is -7.46. The molecule has 8 nitrogen and oxygen atoms in total. The van der Waals surface area contributed by atoms with Gasteiger partial charge < -0.3 is 4.74 Å². The summed E-state index contributed by atoms with van der Waals surface area (Å²) in [5, 5.41) is 0. The molecular weight excluding hydrogens is 358 g/mol. The highest BCUT2D eigenvalue weighted by Crippen LogP contribution is 2.25. The lowest BCUT2D eigenvalue weighted by Gasteiger charge is -2.20. The van der Waals surface area contributed by atoms with Gasteiger partial charge in [-0.15, -0.1) is 0 Å². The predicted octanol–water partition coefficient (Wildman–Crippen LogP) is 0.108. The van der Waals surface area contributed by atoms with Crippen molar-refractivity contribution in [1.82, 2.24) is 4.31 Å². The molecular formula is C14H19NO7S2. The Labute approximate surface area is 141 Å². The molecule has 0 unspecified atom stereocenters. The number of rotatable bonds is 6. The minimum absolute atomic E-state index is 0.00533. The Morgan fingerprint density at radius 1 is 1.17 bits per heavy atom. The highest BCUT2D eigenvalue weighted by molar-refractivity contribution is 7.88. The van der Waals surface area contributed by atoms with Gasteiger partial charge in [0.05, 0.1) is 18.6 Å². The molecule has 0 bridgehead atoms. The average Bonchev–Trinajstić information content (AvgIpc) is 2.88. The quantitative estimate of drug-likeness (QED) is 0.511. The van der Waals surface area contributed by atoms with E-state index in [0.29, 0.717) is 0 Å². The topological polar surface area (TPSA) is 107 Å². The van der Waals surface area contributed by atoms with Gasteiger partial charge in [0.15, 0.2) is 0 Å². The van der Waals surface area contributed by atoms with Crippen LogP contribution in [0, 0.1) is 0 Å². The van der Waals surface area contributed by atoms with E-state index in [2.05, 4.69) is 0 Å². The molecule has 2 atom stereocenters. The number of carbonyl (C=O) groups is 1. The molecule has 1 aromatic rings.